The first-order chi connectivity index (χ1) is 8.10. The van der Waals surface area contributed by atoms with Crippen molar-refractivity contribution in [2.75, 3.05) is 27.7 Å². The zero-order valence-electron chi connectivity index (χ0n) is 11.2. The van der Waals surface area contributed by atoms with E-state index in [9.17, 15) is 0 Å². The largest absolute Gasteiger partial charge is 0.497 e. The summed E-state index contributed by atoms with van der Waals surface area (Å²) in [6.07, 6.45) is 0. The Morgan fingerprint density at radius 1 is 1.29 bits per heavy atom. The van der Waals surface area contributed by atoms with Gasteiger partial charge in [-0.25, -0.2) is 0 Å². The molecule has 3 nitrogen and oxygen atoms in total. The van der Waals surface area contributed by atoms with Gasteiger partial charge >= 0.3 is 0 Å². The molecule has 17 heavy (non-hydrogen) atoms. The van der Waals surface area contributed by atoms with Crippen LogP contribution in [0.1, 0.15) is 18.1 Å². The Bertz CT molecular complexity index is 390. The molecular formula is C14H22N2O. The van der Waals surface area contributed by atoms with E-state index in [1.807, 2.05) is 0 Å². The van der Waals surface area contributed by atoms with E-state index in [-0.39, 0.29) is 0 Å². The van der Waals surface area contributed by atoms with Crippen LogP contribution in [0.3, 0.4) is 0 Å². The predicted octanol–water partition coefficient (Wildman–Crippen LogP) is 1.96. The maximum Gasteiger partial charge on any atom is 0.119 e. The van der Waals surface area contributed by atoms with Gasteiger partial charge in [-0.05, 0) is 44.3 Å². The molecule has 1 aliphatic heterocycles. The Balaban J connectivity index is 2.01. The minimum Gasteiger partial charge on any atom is -0.497 e. The molecule has 1 aromatic carbocycles. The SMILES string of the molecule is COc1ccc2c(c1)CN(CC(C)N(C)C)C2. The molecule has 0 aliphatic carbocycles. The highest BCUT2D eigenvalue weighted by atomic mass is 16.5. The summed E-state index contributed by atoms with van der Waals surface area (Å²) >= 11 is 0. The third kappa shape index (κ3) is 2.79. The highest BCUT2D eigenvalue weighted by Crippen LogP contribution is 2.26. The number of fused-ring (bicyclic) bond motifs is 1. The molecule has 0 radical (unpaired) electrons. The standard InChI is InChI=1S/C14H22N2O/c1-11(15(2)3)8-16-9-12-5-6-14(17-4)7-13(12)10-16/h5-7,11H,8-10H2,1-4H3. The van der Waals surface area contributed by atoms with Crippen LogP contribution in [0, 0.1) is 0 Å². The maximum absolute atomic E-state index is 5.27. The molecule has 1 atom stereocenters. The average molecular weight is 234 g/mol. The summed E-state index contributed by atoms with van der Waals surface area (Å²) in [6.45, 7) is 5.50. The van der Waals surface area contributed by atoms with Crippen LogP contribution in [0.15, 0.2) is 18.2 Å². The molecular weight excluding hydrogens is 212 g/mol. The first kappa shape index (κ1) is 12.4. The molecule has 0 amide bonds. The summed E-state index contributed by atoms with van der Waals surface area (Å²) < 4.78 is 5.27. The van der Waals surface area contributed by atoms with Crippen LogP contribution in [0.25, 0.3) is 0 Å². The minimum absolute atomic E-state index is 0.589. The second-order valence-electron chi connectivity index (χ2n) is 5.12. The molecule has 1 unspecified atom stereocenters. The van der Waals surface area contributed by atoms with Crippen molar-refractivity contribution in [1.29, 1.82) is 0 Å². The molecule has 1 aromatic rings. The summed E-state index contributed by atoms with van der Waals surface area (Å²) in [6, 6.07) is 6.99. The number of rotatable bonds is 4. The molecule has 1 aliphatic rings. The number of ether oxygens (including phenoxy) is 1. The Morgan fingerprint density at radius 2 is 2.00 bits per heavy atom. The van der Waals surface area contributed by atoms with Crippen molar-refractivity contribution < 1.29 is 4.74 Å². The van der Waals surface area contributed by atoms with Gasteiger partial charge in [0.15, 0.2) is 0 Å². The molecule has 0 spiro atoms. The lowest BCUT2D eigenvalue weighted by atomic mass is 10.1. The van der Waals surface area contributed by atoms with Gasteiger partial charge in [-0.3, -0.25) is 4.90 Å². The third-order valence-corrected chi connectivity index (χ3v) is 3.61. The Labute approximate surface area is 104 Å². The lowest BCUT2D eigenvalue weighted by molar-refractivity contribution is 0.194. The highest BCUT2D eigenvalue weighted by molar-refractivity contribution is 5.37. The van der Waals surface area contributed by atoms with E-state index in [2.05, 4.69) is 49.0 Å². The van der Waals surface area contributed by atoms with Crippen molar-refractivity contribution in [3.05, 3.63) is 29.3 Å². The fraction of sp³-hybridized carbons (Fsp3) is 0.571. The topological polar surface area (TPSA) is 15.7 Å². The average Bonchev–Trinajstić information content (AvgIpc) is 2.69. The zero-order valence-corrected chi connectivity index (χ0v) is 11.2. The highest BCUT2D eigenvalue weighted by Gasteiger charge is 2.21. The molecule has 94 valence electrons. The first-order valence-electron chi connectivity index (χ1n) is 6.14. The number of hydrogen-bond donors (Lipinski definition) is 0. The van der Waals surface area contributed by atoms with Crippen LogP contribution >= 0.6 is 0 Å². The first-order valence-corrected chi connectivity index (χ1v) is 6.14. The Hall–Kier alpha value is -1.06. The van der Waals surface area contributed by atoms with E-state index in [0.717, 1.165) is 25.4 Å². The quantitative estimate of drug-likeness (QED) is 0.792. The minimum atomic E-state index is 0.589. The maximum atomic E-state index is 5.27. The lowest BCUT2D eigenvalue weighted by Gasteiger charge is -2.25. The van der Waals surface area contributed by atoms with Crippen LogP contribution < -0.4 is 4.74 Å². The normalized spacial score (nSPS) is 17.2. The second-order valence-corrected chi connectivity index (χ2v) is 5.12. The summed E-state index contributed by atoms with van der Waals surface area (Å²) in [7, 11) is 6.00. The van der Waals surface area contributed by atoms with Gasteiger partial charge in [0, 0.05) is 25.7 Å². The van der Waals surface area contributed by atoms with Gasteiger partial charge in [-0.2, -0.15) is 0 Å². The van der Waals surface area contributed by atoms with Gasteiger partial charge in [0.2, 0.25) is 0 Å². The van der Waals surface area contributed by atoms with Gasteiger partial charge in [-0.1, -0.05) is 6.07 Å². The fourth-order valence-corrected chi connectivity index (χ4v) is 2.23. The lowest BCUT2D eigenvalue weighted by Crippen LogP contribution is -2.36. The fourth-order valence-electron chi connectivity index (χ4n) is 2.23. The molecule has 0 saturated heterocycles. The monoisotopic (exact) mass is 234 g/mol. The Morgan fingerprint density at radius 3 is 2.65 bits per heavy atom. The molecule has 2 rings (SSSR count). The molecule has 0 bridgehead atoms. The molecule has 1 heterocycles. The number of methoxy groups -OCH3 is 1. The van der Waals surface area contributed by atoms with Crippen molar-refractivity contribution in [3.63, 3.8) is 0 Å². The van der Waals surface area contributed by atoms with Gasteiger partial charge < -0.3 is 9.64 Å². The van der Waals surface area contributed by atoms with Crippen molar-refractivity contribution in [2.24, 2.45) is 0 Å². The predicted molar refractivity (Wildman–Crippen MR) is 70.3 cm³/mol. The van der Waals surface area contributed by atoms with E-state index in [1.54, 1.807) is 7.11 Å². The van der Waals surface area contributed by atoms with E-state index in [1.165, 1.54) is 11.1 Å². The second kappa shape index (κ2) is 5.07. The van der Waals surface area contributed by atoms with Gasteiger partial charge in [-0.15, -0.1) is 0 Å². The summed E-state index contributed by atoms with van der Waals surface area (Å²) in [5.41, 5.74) is 2.85. The van der Waals surface area contributed by atoms with E-state index >= 15 is 0 Å². The number of benzene rings is 1. The summed E-state index contributed by atoms with van der Waals surface area (Å²) in [5.74, 6) is 0.964. The molecule has 0 aromatic heterocycles. The van der Waals surface area contributed by atoms with E-state index < -0.39 is 0 Å². The van der Waals surface area contributed by atoms with Crippen molar-refractivity contribution >= 4 is 0 Å². The van der Waals surface area contributed by atoms with Gasteiger partial charge in [0.1, 0.15) is 5.75 Å². The van der Waals surface area contributed by atoms with Crippen LogP contribution in [0.4, 0.5) is 0 Å². The third-order valence-electron chi connectivity index (χ3n) is 3.61. The molecule has 0 N–H and O–H groups in total. The van der Waals surface area contributed by atoms with Crippen molar-refractivity contribution in [1.82, 2.24) is 9.80 Å². The summed E-state index contributed by atoms with van der Waals surface area (Å²) in [5, 5.41) is 0. The molecule has 0 saturated carbocycles. The molecule has 3 heteroatoms. The smallest absolute Gasteiger partial charge is 0.119 e. The number of hydrogen-bond acceptors (Lipinski definition) is 3. The van der Waals surface area contributed by atoms with Crippen LogP contribution in [-0.2, 0) is 13.1 Å². The summed E-state index contributed by atoms with van der Waals surface area (Å²) in [4.78, 5) is 4.76. The van der Waals surface area contributed by atoms with Crippen molar-refractivity contribution in [2.45, 2.75) is 26.1 Å². The van der Waals surface area contributed by atoms with Gasteiger partial charge in [0.05, 0.1) is 7.11 Å². The van der Waals surface area contributed by atoms with Crippen molar-refractivity contribution in [3.8, 4) is 5.75 Å². The van der Waals surface area contributed by atoms with Crippen LogP contribution in [0.2, 0.25) is 0 Å². The number of nitrogens with zero attached hydrogens (tertiary/aromatic N) is 2. The van der Waals surface area contributed by atoms with Gasteiger partial charge in [0.25, 0.3) is 0 Å². The van der Waals surface area contributed by atoms with E-state index in [4.69, 9.17) is 4.74 Å². The number of likely N-dealkylation sites (N-methyl/N-ethyl adjacent to an activating group) is 1. The van der Waals surface area contributed by atoms with Crippen LogP contribution in [0.5, 0.6) is 5.75 Å². The molecule has 0 fully saturated rings. The van der Waals surface area contributed by atoms with E-state index in [0.29, 0.717) is 6.04 Å². The van der Waals surface area contributed by atoms with Crippen LogP contribution in [-0.4, -0.2) is 43.6 Å². The zero-order chi connectivity index (χ0) is 12.4. The Kier molecular flexibility index (Phi) is 3.69.